The molecule has 0 spiro atoms. The summed E-state index contributed by atoms with van der Waals surface area (Å²) in [5.74, 6) is 1.77. The van der Waals surface area contributed by atoms with E-state index in [0.717, 1.165) is 11.1 Å². The van der Waals surface area contributed by atoms with Gasteiger partial charge in [-0.15, -0.1) is 0 Å². The van der Waals surface area contributed by atoms with E-state index in [9.17, 15) is 4.79 Å². The fourth-order valence-electron chi connectivity index (χ4n) is 2.61. The smallest absolute Gasteiger partial charge is 0.252 e. The molecule has 1 aliphatic heterocycles. The Labute approximate surface area is 149 Å². The number of amides is 1. The Morgan fingerprint density at radius 3 is 2.69 bits per heavy atom. The van der Waals surface area contributed by atoms with Gasteiger partial charge >= 0.3 is 0 Å². The number of hydrogen-bond donors (Lipinski definition) is 1. The lowest BCUT2D eigenvalue weighted by molar-refractivity contribution is 0.0932. The topological polar surface area (TPSA) is 86.5 Å². The summed E-state index contributed by atoms with van der Waals surface area (Å²) >= 11 is 0. The Kier molecular flexibility index (Phi) is 4.04. The molecule has 2 aromatic carbocycles. The van der Waals surface area contributed by atoms with E-state index in [1.807, 2.05) is 31.2 Å². The number of aromatic nitrogens is 2. The standard InChI is InChI=1S/C19H17N3O4/c1-11-3-5-13(6-4-11)17-21-19(26-22-17)12(2)20-18(23)14-7-8-15-16(9-14)25-10-24-15/h3-9,12H,10H2,1-2H3,(H,20,23)/t12-/m0/s1. The van der Waals surface area contributed by atoms with E-state index >= 15 is 0 Å². The minimum absolute atomic E-state index is 0.167. The highest BCUT2D eigenvalue weighted by Crippen LogP contribution is 2.32. The Balaban J connectivity index is 1.47. The molecule has 1 N–H and O–H groups in total. The summed E-state index contributed by atoms with van der Waals surface area (Å²) in [6.07, 6.45) is 0. The van der Waals surface area contributed by atoms with Gasteiger partial charge in [-0.2, -0.15) is 4.98 Å². The van der Waals surface area contributed by atoms with Crippen molar-refractivity contribution in [1.29, 1.82) is 0 Å². The molecule has 1 aliphatic rings. The van der Waals surface area contributed by atoms with Crippen molar-refractivity contribution >= 4 is 5.91 Å². The molecule has 7 heteroatoms. The van der Waals surface area contributed by atoms with Crippen LogP contribution in [0.5, 0.6) is 11.5 Å². The zero-order valence-electron chi connectivity index (χ0n) is 14.4. The predicted octanol–water partition coefficient (Wildman–Crippen LogP) is 3.26. The van der Waals surface area contributed by atoms with Crippen molar-refractivity contribution in [1.82, 2.24) is 15.5 Å². The number of nitrogens with zero attached hydrogens (tertiary/aromatic N) is 2. The van der Waals surface area contributed by atoms with Crippen LogP contribution in [0.1, 0.15) is 34.8 Å². The van der Waals surface area contributed by atoms with E-state index in [1.54, 1.807) is 25.1 Å². The van der Waals surface area contributed by atoms with Gasteiger partial charge in [0, 0.05) is 11.1 Å². The third-order valence-electron chi connectivity index (χ3n) is 4.10. The van der Waals surface area contributed by atoms with Crippen molar-refractivity contribution in [2.24, 2.45) is 0 Å². The van der Waals surface area contributed by atoms with Crippen molar-refractivity contribution in [3.05, 3.63) is 59.5 Å². The summed E-state index contributed by atoms with van der Waals surface area (Å²) in [7, 11) is 0. The summed E-state index contributed by atoms with van der Waals surface area (Å²) < 4.78 is 15.8. The highest BCUT2D eigenvalue weighted by Gasteiger charge is 2.20. The van der Waals surface area contributed by atoms with Gasteiger partial charge in [0.25, 0.3) is 5.91 Å². The van der Waals surface area contributed by atoms with Crippen molar-refractivity contribution < 1.29 is 18.8 Å². The first-order chi connectivity index (χ1) is 12.6. The van der Waals surface area contributed by atoms with Crippen LogP contribution in [0, 0.1) is 6.92 Å². The Bertz CT molecular complexity index is 950. The molecule has 0 radical (unpaired) electrons. The van der Waals surface area contributed by atoms with Crippen LogP contribution in [0.3, 0.4) is 0 Å². The lowest BCUT2D eigenvalue weighted by Gasteiger charge is -2.10. The molecule has 0 bridgehead atoms. The first-order valence-electron chi connectivity index (χ1n) is 8.21. The average Bonchev–Trinajstić information content (AvgIpc) is 3.31. The maximum absolute atomic E-state index is 12.4. The summed E-state index contributed by atoms with van der Waals surface area (Å²) in [5, 5.41) is 6.84. The Hall–Kier alpha value is -3.35. The number of aryl methyl sites for hydroxylation is 1. The van der Waals surface area contributed by atoms with Crippen molar-refractivity contribution in [3.8, 4) is 22.9 Å². The van der Waals surface area contributed by atoms with Gasteiger partial charge in [0.05, 0.1) is 0 Å². The van der Waals surface area contributed by atoms with Gasteiger partial charge in [-0.05, 0) is 32.0 Å². The molecular formula is C19H17N3O4. The van der Waals surface area contributed by atoms with E-state index in [-0.39, 0.29) is 12.7 Å². The molecule has 3 aromatic rings. The highest BCUT2D eigenvalue weighted by molar-refractivity contribution is 5.95. The van der Waals surface area contributed by atoms with Gasteiger partial charge in [0.1, 0.15) is 6.04 Å². The molecule has 2 heterocycles. The number of nitrogens with one attached hydrogen (secondary N) is 1. The van der Waals surface area contributed by atoms with Gasteiger partial charge in [-0.3, -0.25) is 4.79 Å². The number of carbonyl (C=O) groups excluding carboxylic acids is 1. The van der Waals surface area contributed by atoms with Crippen LogP contribution in [0.15, 0.2) is 47.0 Å². The molecule has 132 valence electrons. The summed E-state index contributed by atoms with van der Waals surface area (Å²) in [4.78, 5) is 16.8. The summed E-state index contributed by atoms with van der Waals surface area (Å²) in [5.41, 5.74) is 2.49. The van der Waals surface area contributed by atoms with Gasteiger partial charge in [0.15, 0.2) is 11.5 Å². The van der Waals surface area contributed by atoms with E-state index in [2.05, 4.69) is 15.5 Å². The number of benzene rings is 2. The second kappa shape index (κ2) is 6.51. The molecule has 0 fully saturated rings. The molecule has 0 unspecified atom stereocenters. The number of ether oxygens (including phenoxy) is 2. The zero-order valence-corrected chi connectivity index (χ0v) is 14.4. The second-order valence-electron chi connectivity index (χ2n) is 6.09. The van der Waals surface area contributed by atoms with Crippen LogP contribution in [0.2, 0.25) is 0 Å². The molecule has 0 saturated heterocycles. The first kappa shape index (κ1) is 16.1. The van der Waals surface area contributed by atoms with Crippen LogP contribution < -0.4 is 14.8 Å². The fraction of sp³-hybridized carbons (Fsp3) is 0.211. The molecule has 26 heavy (non-hydrogen) atoms. The monoisotopic (exact) mass is 351 g/mol. The van der Waals surface area contributed by atoms with E-state index in [4.69, 9.17) is 14.0 Å². The number of fused-ring (bicyclic) bond motifs is 1. The lowest BCUT2D eigenvalue weighted by atomic mass is 10.1. The van der Waals surface area contributed by atoms with Crippen LogP contribution >= 0.6 is 0 Å². The molecule has 0 aliphatic carbocycles. The summed E-state index contributed by atoms with van der Waals surface area (Å²) in [6.45, 7) is 3.97. The lowest BCUT2D eigenvalue weighted by Crippen LogP contribution is -2.26. The Morgan fingerprint density at radius 1 is 1.12 bits per heavy atom. The minimum atomic E-state index is -0.431. The van der Waals surface area contributed by atoms with E-state index < -0.39 is 6.04 Å². The third kappa shape index (κ3) is 3.11. The quantitative estimate of drug-likeness (QED) is 0.776. The van der Waals surface area contributed by atoms with E-state index in [1.165, 1.54) is 0 Å². The molecule has 0 saturated carbocycles. The SMILES string of the molecule is Cc1ccc(-c2noc([C@H](C)NC(=O)c3ccc4c(c3)OCO4)n2)cc1. The van der Waals surface area contributed by atoms with Gasteiger partial charge in [-0.1, -0.05) is 35.0 Å². The van der Waals surface area contributed by atoms with Crippen LogP contribution in [0.25, 0.3) is 11.4 Å². The minimum Gasteiger partial charge on any atom is -0.454 e. The molecule has 1 amide bonds. The molecule has 1 atom stereocenters. The number of hydrogen-bond acceptors (Lipinski definition) is 6. The van der Waals surface area contributed by atoms with Gasteiger partial charge < -0.3 is 19.3 Å². The van der Waals surface area contributed by atoms with Crippen LogP contribution in [-0.2, 0) is 0 Å². The predicted molar refractivity (Wildman–Crippen MR) is 92.9 cm³/mol. The molecule has 4 rings (SSSR count). The van der Waals surface area contributed by atoms with Crippen LogP contribution in [-0.4, -0.2) is 22.8 Å². The number of carbonyl (C=O) groups is 1. The van der Waals surface area contributed by atoms with Gasteiger partial charge in [0.2, 0.25) is 18.5 Å². The van der Waals surface area contributed by atoms with Gasteiger partial charge in [-0.25, -0.2) is 0 Å². The average molecular weight is 351 g/mol. The third-order valence-corrected chi connectivity index (χ3v) is 4.10. The number of rotatable bonds is 4. The molecule has 7 nitrogen and oxygen atoms in total. The molecular weight excluding hydrogens is 334 g/mol. The van der Waals surface area contributed by atoms with Crippen molar-refractivity contribution in [3.63, 3.8) is 0 Å². The van der Waals surface area contributed by atoms with Crippen molar-refractivity contribution in [2.75, 3.05) is 6.79 Å². The van der Waals surface area contributed by atoms with Crippen molar-refractivity contribution in [2.45, 2.75) is 19.9 Å². The van der Waals surface area contributed by atoms with Crippen LogP contribution in [0.4, 0.5) is 0 Å². The van der Waals surface area contributed by atoms with E-state index in [0.29, 0.717) is 28.8 Å². The largest absolute Gasteiger partial charge is 0.454 e. The maximum Gasteiger partial charge on any atom is 0.252 e. The summed E-state index contributed by atoms with van der Waals surface area (Å²) in [6, 6.07) is 12.4. The fourth-order valence-corrected chi connectivity index (χ4v) is 2.61. The highest BCUT2D eigenvalue weighted by atomic mass is 16.7. The Morgan fingerprint density at radius 2 is 1.88 bits per heavy atom. The second-order valence-corrected chi connectivity index (χ2v) is 6.09. The molecule has 1 aromatic heterocycles. The first-order valence-corrected chi connectivity index (χ1v) is 8.21. The maximum atomic E-state index is 12.4. The zero-order chi connectivity index (χ0) is 18.1. The normalized spacial score (nSPS) is 13.5.